The highest BCUT2D eigenvalue weighted by molar-refractivity contribution is 6.28. The summed E-state index contributed by atoms with van der Waals surface area (Å²) in [6.45, 7) is 3.64. The van der Waals surface area contributed by atoms with Crippen LogP contribution in [0.2, 0.25) is 5.28 Å². The molecule has 0 aliphatic carbocycles. The van der Waals surface area contributed by atoms with Crippen LogP contribution in [0.1, 0.15) is 13.3 Å². The van der Waals surface area contributed by atoms with Gasteiger partial charge in [0, 0.05) is 18.5 Å². The van der Waals surface area contributed by atoms with E-state index in [9.17, 15) is 5.11 Å². The van der Waals surface area contributed by atoms with Gasteiger partial charge in [-0.15, -0.1) is 0 Å². The third kappa shape index (κ3) is 2.38. The molecule has 1 saturated heterocycles. The molecule has 0 saturated carbocycles. The van der Waals surface area contributed by atoms with Crippen LogP contribution in [0, 0.1) is 5.92 Å². The molecule has 1 aromatic heterocycles. The minimum atomic E-state index is -0.222. The van der Waals surface area contributed by atoms with Crippen LogP contribution in [0.15, 0.2) is 24.3 Å². The topological polar surface area (TPSA) is 49.2 Å². The number of fused-ring (bicyclic) bond motifs is 1. The average molecular weight is 278 g/mol. The molecule has 0 spiro atoms. The third-order valence-electron chi connectivity index (χ3n) is 3.72. The minimum absolute atomic E-state index is 0.222. The van der Waals surface area contributed by atoms with Crippen molar-refractivity contribution in [3.8, 4) is 0 Å². The lowest BCUT2D eigenvalue weighted by Crippen LogP contribution is -2.42. The van der Waals surface area contributed by atoms with Crippen LogP contribution in [0.3, 0.4) is 0 Å². The Labute approximate surface area is 117 Å². The van der Waals surface area contributed by atoms with E-state index in [0.717, 1.165) is 36.2 Å². The van der Waals surface area contributed by atoms with Gasteiger partial charge in [0.2, 0.25) is 5.28 Å². The number of hydrogen-bond acceptors (Lipinski definition) is 4. The lowest BCUT2D eigenvalue weighted by atomic mass is 9.96. The predicted octanol–water partition coefficient (Wildman–Crippen LogP) is 2.49. The highest BCUT2D eigenvalue weighted by atomic mass is 35.5. The molecule has 0 bridgehead atoms. The average Bonchev–Trinajstić information content (AvgIpc) is 2.41. The summed E-state index contributed by atoms with van der Waals surface area (Å²) in [5, 5.41) is 11.1. The molecule has 2 atom stereocenters. The Kier molecular flexibility index (Phi) is 3.29. The van der Waals surface area contributed by atoms with E-state index in [2.05, 4.69) is 21.8 Å². The number of nitrogens with zero attached hydrogens (tertiary/aromatic N) is 3. The first kappa shape index (κ1) is 12.6. The number of aromatic nitrogens is 2. The Morgan fingerprint density at radius 3 is 2.89 bits per heavy atom. The molecule has 3 rings (SSSR count). The van der Waals surface area contributed by atoms with Crippen LogP contribution in [-0.4, -0.2) is 34.3 Å². The largest absolute Gasteiger partial charge is 0.393 e. The molecule has 2 unspecified atom stereocenters. The first-order valence-electron chi connectivity index (χ1n) is 6.50. The summed E-state index contributed by atoms with van der Waals surface area (Å²) in [4.78, 5) is 10.8. The van der Waals surface area contributed by atoms with Crippen molar-refractivity contribution in [2.24, 2.45) is 5.92 Å². The van der Waals surface area contributed by atoms with Gasteiger partial charge in [0.15, 0.2) is 0 Å². The van der Waals surface area contributed by atoms with Crippen LogP contribution in [0.5, 0.6) is 0 Å². The molecular formula is C14H16ClN3O. The molecule has 4 nitrogen and oxygen atoms in total. The molecule has 19 heavy (non-hydrogen) atoms. The van der Waals surface area contributed by atoms with Crippen molar-refractivity contribution in [1.82, 2.24) is 9.97 Å². The number of piperidine rings is 1. The highest BCUT2D eigenvalue weighted by Gasteiger charge is 2.26. The van der Waals surface area contributed by atoms with E-state index in [0.29, 0.717) is 0 Å². The fourth-order valence-electron chi connectivity index (χ4n) is 2.60. The molecule has 0 amide bonds. The maximum atomic E-state index is 9.82. The first-order valence-corrected chi connectivity index (χ1v) is 6.88. The Balaban J connectivity index is 2.05. The molecule has 100 valence electrons. The molecule has 0 radical (unpaired) electrons. The third-order valence-corrected chi connectivity index (χ3v) is 3.88. The van der Waals surface area contributed by atoms with Crippen LogP contribution in [0.4, 0.5) is 5.82 Å². The summed E-state index contributed by atoms with van der Waals surface area (Å²) in [5.74, 6) is 1.11. The molecule has 1 aromatic carbocycles. The second-order valence-corrected chi connectivity index (χ2v) is 5.45. The number of para-hydroxylation sites is 1. The first-order chi connectivity index (χ1) is 9.15. The van der Waals surface area contributed by atoms with Crippen molar-refractivity contribution in [3.63, 3.8) is 0 Å². The van der Waals surface area contributed by atoms with Gasteiger partial charge in [0.25, 0.3) is 0 Å². The van der Waals surface area contributed by atoms with E-state index < -0.39 is 0 Å². The summed E-state index contributed by atoms with van der Waals surface area (Å²) < 4.78 is 0. The highest BCUT2D eigenvalue weighted by Crippen LogP contribution is 2.28. The second-order valence-electron chi connectivity index (χ2n) is 5.11. The molecule has 2 aromatic rings. The van der Waals surface area contributed by atoms with Crippen LogP contribution in [-0.2, 0) is 0 Å². The molecule has 1 aliphatic heterocycles. The van der Waals surface area contributed by atoms with Gasteiger partial charge in [0.1, 0.15) is 5.82 Å². The molecule has 1 aliphatic rings. The van der Waals surface area contributed by atoms with Crippen molar-refractivity contribution in [3.05, 3.63) is 29.5 Å². The summed E-state index contributed by atoms with van der Waals surface area (Å²) in [5.41, 5.74) is 0.858. The van der Waals surface area contributed by atoms with Crippen molar-refractivity contribution in [2.75, 3.05) is 18.0 Å². The SMILES string of the molecule is CC1CN(c2nc(Cl)nc3ccccc23)CCC1O. The number of anilines is 1. The number of hydrogen-bond donors (Lipinski definition) is 1. The Morgan fingerprint density at radius 2 is 2.11 bits per heavy atom. The maximum absolute atomic E-state index is 9.82. The van der Waals surface area contributed by atoms with Gasteiger partial charge >= 0.3 is 0 Å². The van der Waals surface area contributed by atoms with Gasteiger partial charge in [-0.3, -0.25) is 0 Å². The van der Waals surface area contributed by atoms with Crippen molar-refractivity contribution in [2.45, 2.75) is 19.4 Å². The van der Waals surface area contributed by atoms with Crippen molar-refractivity contribution in [1.29, 1.82) is 0 Å². The fourth-order valence-corrected chi connectivity index (χ4v) is 2.77. The zero-order valence-corrected chi connectivity index (χ0v) is 11.5. The number of aliphatic hydroxyl groups is 1. The number of aliphatic hydroxyl groups excluding tert-OH is 1. The summed E-state index contributed by atoms with van der Waals surface area (Å²) in [7, 11) is 0. The minimum Gasteiger partial charge on any atom is -0.393 e. The Morgan fingerprint density at radius 1 is 1.32 bits per heavy atom. The summed E-state index contributed by atoms with van der Waals surface area (Å²) in [6, 6.07) is 7.87. The van der Waals surface area contributed by atoms with Gasteiger partial charge in [0.05, 0.1) is 11.6 Å². The second kappa shape index (κ2) is 4.94. The summed E-state index contributed by atoms with van der Waals surface area (Å²) >= 11 is 6.01. The molecule has 5 heteroatoms. The van der Waals surface area contributed by atoms with E-state index >= 15 is 0 Å². The monoisotopic (exact) mass is 277 g/mol. The van der Waals surface area contributed by atoms with Gasteiger partial charge in [-0.2, -0.15) is 4.98 Å². The fraction of sp³-hybridized carbons (Fsp3) is 0.429. The van der Waals surface area contributed by atoms with Crippen molar-refractivity contribution >= 4 is 28.3 Å². The molecule has 2 heterocycles. The van der Waals surface area contributed by atoms with Crippen LogP contribution >= 0.6 is 11.6 Å². The quantitative estimate of drug-likeness (QED) is 0.814. The molecular weight excluding hydrogens is 262 g/mol. The van der Waals surface area contributed by atoms with Crippen molar-refractivity contribution < 1.29 is 5.11 Å². The predicted molar refractivity (Wildman–Crippen MR) is 76.5 cm³/mol. The Hall–Kier alpha value is -1.39. The van der Waals surface area contributed by atoms with Crippen LogP contribution < -0.4 is 4.90 Å². The lowest BCUT2D eigenvalue weighted by molar-refractivity contribution is 0.0969. The van der Waals surface area contributed by atoms with Crippen LogP contribution in [0.25, 0.3) is 10.9 Å². The van der Waals surface area contributed by atoms with Gasteiger partial charge in [-0.25, -0.2) is 4.98 Å². The maximum Gasteiger partial charge on any atom is 0.224 e. The number of benzene rings is 1. The van der Waals surface area contributed by atoms with E-state index in [4.69, 9.17) is 11.6 Å². The number of halogens is 1. The number of rotatable bonds is 1. The molecule has 1 fully saturated rings. The van der Waals surface area contributed by atoms with Gasteiger partial charge in [-0.1, -0.05) is 19.1 Å². The van der Waals surface area contributed by atoms with E-state index in [1.54, 1.807) is 0 Å². The normalized spacial score (nSPS) is 23.8. The van der Waals surface area contributed by atoms with E-state index in [-0.39, 0.29) is 17.3 Å². The smallest absolute Gasteiger partial charge is 0.224 e. The zero-order valence-electron chi connectivity index (χ0n) is 10.8. The Bertz CT molecular complexity index is 604. The molecule has 1 N–H and O–H groups in total. The summed E-state index contributed by atoms with van der Waals surface area (Å²) in [6.07, 6.45) is 0.539. The zero-order chi connectivity index (χ0) is 13.4. The van der Waals surface area contributed by atoms with Gasteiger partial charge < -0.3 is 10.0 Å². The van der Waals surface area contributed by atoms with E-state index in [1.807, 2.05) is 24.3 Å². The standard InChI is InChI=1S/C14H16ClN3O/c1-9-8-18(7-6-12(9)19)13-10-4-2-3-5-11(10)16-14(15)17-13/h2-5,9,12,19H,6-8H2,1H3. The van der Waals surface area contributed by atoms with E-state index in [1.165, 1.54) is 0 Å². The lowest BCUT2D eigenvalue weighted by Gasteiger charge is -2.35. The van der Waals surface area contributed by atoms with Gasteiger partial charge in [-0.05, 0) is 36.1 Å².